The maximum Gasteiger partial charge on any atom is 0.255 e. The maximum absolute atomic E-state index is 12.3. The van der Waals surface area contributed by atoms with Crippen LogP contribution in [-0.2, 0) is 4.79 Å². The predicted octanol–water partition coefficient (Wildman–Crippen LogP) is 4.44. The van der Waals surface area contributed by atoms with E-state index in [0.717, 1.165) is 21.3 Å². The van der Waals surface area contributed by atoms with Crippen LogP contribution in [0.1, 0.15) is 21.5 Å². The molecule has 0 aliphatic carbocycles. The molecule has 2 rings (SSSR count). The zero-order valence-electron chi connectivity index (χ0n) is 12.9. The van der Waals surface area contributed by atoms with Gasteiger partial charge in [-0.3, -0.25) is 9.59 Å². The Balaban J connectivity index is 2.13. The van der Waals surface area contributed by atoms with Crippen molar-refractivity contribution < 1.29 is 9.59 Å². The van der Waals surface area contributed by atoms with Crippen LogP contribution in [0.2, 0.25) is 0 Å². The number of carbonyl (C=O) groups is 2. The van der Waals surface area contributed by atoms with E-state index in [1.165, 1.54) is 6.08 Å². The normalized spacial score (nSPS) is 10.0. The zero-order chi connectivity index (χ0) is 17.0. The molecule has 4 nitrogen and oxygen atoms in total. The number of benzene rings is 2. The van der Waals surface area contributed by atoms with Crippen LogP contribution in [0.4, 0.5) is 11.4 Å². The minimum absolute atomic E-state index is 0.203. The number of hydrogen-bond donors (Lipinski definition) is 2. The van der Waals surface area contributed by atoms with E-state index in [9.17, 15) is 9.59 Å². The van der Waals surface area contributed by atoms with Crippen LogP contribution in [0.3, 0.4) is 0 Å². The van der Waals surface area contributed by atoms with Gasteiger partial charge < -0.3 is 10.6 Å². The molecule has 2 amide bonds. The Morgan fingerprint density at radius 3 is 2.30 bits per heavy atom. The molecule has 0 atom stereocenters. The summed E-state index contributed by atoms with van der Waals surface area (Å²) in [6, 6.07) is 10.6. The van der Waals surface area contributed by atoms with Crippen molar-refractivity contribution >= 4 is 39.1 Å². The van der Waals surface area contributed by atoms with Crippen molar-refractivity contribution in [3.8, 4) is 0 Å². The Kier molecular flexibility index (Phi) is 5.34. The number of aryl methyl sites for hydroxylation is 2. The molecule has 0 fully saturated rings. The first kappa shape index (κ1) is 17.0. The summed E-state index contributed by atoms with van der Waals surface area (Å²) in [5, 5.41) is 5.53. The van der Waals surface area contributed by atoms with Crippen LogP contribution in [0.25, 0.3) is 0 Å². The number of anilines is 2. The molecule has 0 radical (unpaired) electrons. The van der Waals surface area contributed by atoms with E-state index in [2.05, 4.69) is 33.1 Å². The Labute approximate surface area is 143 Å². The van der Waals surface area contributed by atoms with E-state index in [-0.39, 0.29) is 11.8 Å². The van der Waals surface area contributed by atoms with Crippen molar-refractivity contribution in [3.05, 3.63) is 70.2 Å². The smallest absolute Gasteiger partial charge is 0.255 e. The fraction of sp³-hybridized carbons (Fsp3) is 0.111. The van der Waals surface area contributed by atoms with Crippen LogP contribution < -0.4 is 10.6 Å². The molecule has 2 aromatic rings. The molecule has 0 aromatic heterocycles. The number of halogens is 1. The molecular formula is C18H17BrN2O2. The summed E-state index contributed by atoms with van der Waals surface area (Å²) in [7, 11) is 0. The molecule has 0 heterocycles. The van der Waals surface area contributed by atoms with Gasteiger partial charge in [-0.05, 0) is 61.4 Å². The van der Waals surface area contributed by atoms with Gasteiger partial charge in [0, 0.05) is 21.4 Å². The predicted molar refractivity (Wildman–Crippen MR) is 96.8 cm³/mol. The highest BCUT2D eigenvalue weighted by Gasteiger charge is 2.09. The van der Waals surface area contributed by atoms with E-state index in [1.807, 2.05) is 26.0 Å². The van der Waals surface area contributed by atoms with Gasteiger partial charge in [0.15, 0.2) is 0 Å². The first-order valence-electron chi connectivity index (χ1n) is 7.02. The van der Waals surface area contributed by atoms with E-state index < -0.39 is 0 Å². The molecule has 0 saturated heterocycles. The summed E-state index contributed by atoms with van der Waals surface area (Å²) in [5.74, 6) is -0.493. The van der Waals surface area contributed by atoms with Crippen molar-refractivity contribution in [1.82, 2.24) is 0 Å². The van der Waals surface area contributed by atoms with Crippen LogP contribution in [0.5, 0.6) is 0 Å². The molecule has 118 valence electrons. The van der Waals surface area contributed by atoms with E-state index in [0.29, 0.717) is 11.3 Å². The van der Waals surface area contributed by atoms with Crippen LogP contribution >= 0.6 is 15.9 Å². The standard InChI is InChI=1S/C18H17BrN2O2/c1-4-17(22)20-14-7-5-13(6-8-14)18(23)21-16-10-15(19)11(2)9-12(16)3/h4-10H,1H2,2-3H3,(H,20,22)(H,21,23). The second-order valence-corrected chi connectivity index (χ2v) is 6.00. The fourth-order valence-electron chi connectivity index (χ4n) is 2.05. The lowest BCUT2D eigenvalue weighted by Crippen LogP contribution is -2.13. The molecule has 2 aromatic carbocycles. The van der Waals surface area contributed by atoms with Gasteiger partial charge >= 0.3 is 0 Å². The third-order valence-electron chi connectivity index (χ3n) is 3.35. The Hall–Kier alpha value is -2.40. The van der Waals surface area contributed by atoms with E-state index in [1.54, 1.807) is 24.3 Å². The summed E-state index contributed by atoms with van der Waals surface area (Å²) in [5.41, 5.74) is 3.99. The second-order valence-electron chi connectivity index (χ2n) is 5.14. The summed E-state index contributed by atoms with van der Waals surface area (Å²) in [6.07, 6.45) is 1.19. The Morgan fingerprint density at radius 2 is 1.70 bits per heavy atom. The molecule has 0 unspecified atom stereocenters. The van der Waals surface area contributed by atoms with Crippen molar-refractivity contribution in [2.45, 2.75) is 13.8 Å². The van der Waals surface area contributed by atoms with E-state index >= 15 is 0 Å². The molecule has 0 bridgehead atoms. The monoisotopic (exact) mass is 372 g/mol. The minimum Gasteiger partial charge on any atom is -0.323 e. The SMILES string of the molecule is C=CC(=O)Nc1ccc(C(=O)Nc2cc(Br)c(C)cc2C)cc1. The van der Waals surface area contributed by atoms with Gasteiger partial charge in [-0.2, -0.15) is 0 Å². The summed E-state index contributed by atoms with van der Waals surface area (Å²) in [4.78, 5) is 23.5. The molecule has 0 aliphatic rings. The van der Waals surface area contributed by atoms with Gasteiger partial charge in [0.2, 0.25) is 5.91 Å². The van der Waals surface area contributed by atoms with Gasteiger partial charge in [0.05, 0.1) is 0 Å². The lowest BCUT2D eigenvalue weighted by molar-refractivity contribution is -0.111. The largest absolute Gasteiger partial charge is 0.323 e. The van der Waals surface area contributed by atoms with Gasteiger partial charge in [-0.15, -0.1) is 0 Å². The fourth-order valence-corrected chi connectivity index (χ4v) is 2.40. The zero-order valence-corrected chi connectivity index (χ0v) is 14.5. The topological polar surface area (TPSA) is 58.2 Å². The first-order chi connectivity index (χ1) is 10.9. The first-order valence-corrected chi connectivity index (χ1v) is 7.81. The van der Waals surface area contributed by atoms with Gasteiger partial charge in [-0.25, -0.2) is 0 Å². The van der Waals surface area contributed by atoms with Crippen molar-refractivity contribution in [3.63, 3.8) is 0 Å². The molecule has 0 spiro atoms. The third-order valence-corrected chi connectivity index (χ3v) is 4.21. The number of rotatable bonds is 4. The number of hydrogen-bond acceptors (Lipinski definition) is 2. The van der Waals surface area contributed by atoms with E-state index in [4.69, 9.17) is 0 Å². The number of carbonyl (C=O) groups excluding carboxylic acids is 2. The number of amides is 2. The van der Waals surface area contributed by atoms with Crippen molar-refractivity contribution in [2.24, 2.45) is 0 Å². The summed E-state index contributed by atoms with van der Waals surface area (Å²) >= 11 is 3.47. The Morgan fingerprint density at radius 1 is 1.04 bits per heavy atom. The maximum atomic E-state index is 12.3. The van der Waals surface area contributed by atoms with Crippen LogP contribution in [0.15, 0.2) is 53.5 Å². The highest BCUT2D eigenvalue weighted by atomic mass is 79.9. The molecule has 23 heavy (non-hydrogen) atoms. The second kappa shape index (κ2) is 7.24. The van der Waals surface area contributed by atoms with Crippen LogP contribution in [-0.4, -0.2) is 11.8 Å². The lowest BCUT2D eigenvalue weighted by atomic mass is 10.1. The van der Waals surface area contributed by atoms with Crippen LogP contribution in [0, 0.1) is 13.8 Å². The van der Waals surface area contributed by atoms with Crippen molar-refractivity contribution in [2.75, 3.05) is 10.6 Å². The average Bonchev–Trinajstić information content (AvgIpc) is 2.53. The number of nitrogens with one attached hydrogen (secondary N) is 2. The molecule has 5 heteroatoms. The summed E-state index contributed by atoms with van der Waals surface area (Å²) < 4.78 is 0.945. The van der Waals surface area contributed by atoms with Gasteiger partial charge in [-0.1, -0.05) is 28.6 Å². The highest BCUT2D eigenvalue weighted by Crippen LogP contribution is 2.25. The quantitative estimate of drug-likeness (QED) is 0.779. The third kappa shape index (κ3) is 4.29. The highest BCUT2D eigenvalue weighted by molar-refractivity contribution is 9.10. The van der Waals surface area contributed by atoms with Crippen molar-refractivity contribution in [1.29, 1.82) is 0 Å². The molecule has 0 aliphatic heterocycles. The minimum atomic E-state index is -0.290. The average molecular weight is 373 g/mol. The molecular weight excluding hydrogens is 356 g/mol. The van der Waals surface area contributed by atoms with Gasteiger partial charge in [0.1, 0.15) is 0 Å². The Bertz CT molecular complexity index is 767. The summed E-state index contributed by atoms with van der Waals surface area (Å²) in [6.45, 7) is 7.34. The lowest BCUT2D eigenvalue weighted by Gasteiger charge is -2.11. The molecule has 2 N–H and O–H groups in total. The van der Waals surface area contributed by atoms with Gasteiger partial charge in [0.25, 0.3) is 5.91 Å². The molecule has 0 saturated carbocycles.